The van der Waals surface area contributed by atoms with Gasteiger partial charge in [0, 0.05) is 5.41 Å². The van der Waals surface area contributed by atoms with Gasteiger partial charge >= 0.3 is 0 Å². The first-order chi connectivity index (χ1) is 10.0. The van der Waals surface area contributed by atoms with Crippen molar-refractivity contribution in [3.8, 4) is 0 Å². The molecular weight excluding hydrogens is 281 g/mol. The summed E-state index contributed by atoms with van der Waals surface area (Å²) in [6, 6.07) is 8.88. The van der Waals surface area contributed by atoms with E-state index in [1.54, 1.807) is 6.07 Å². The zero-order chi connectivity index (χ0) is 15.5. The standard InChI is InChI=1S/C16H15F3O2/c17-13-3-1-2-12(7-13)16(9-20,10-21)8-11-4-5-14(18)15(19)6-11/h1-7,20-21H,8-10H2. The zero-order valence-electron chi connectivity index (χ0n) is 11.2. The van der Waals surface area contributed by atoms with E-state index in [4.69, 9.17) is 0 Å². The van der Waals surface area contributed by atoms with E-state index in [9.17, 15) is 23.4 Å². The molecule has 0 spiro atoms. The summed E-state index contributed by atoms with van der Waals surface area (Å²) >= 11 is 0. The van der Waals surface area contributed by atoms with Gasteiger partial charge in [-0.1, -0.05) is 18.2 Å². The largest absolute Gasteiger partial charge is 0.395 e. The fraction of sp³-hybridized carbons (Fsp3) is 0.250. The van der Waals surface area contributed by atoms with E-state index in [0.29, 0.717) is 11.1 Å². The Morgan fingerprint density at radius 2 is 1.57 bits per heavy atom. The number of hydrogen-bond donors (Lipinski definition) is 2. The topological polar surface area (TPSA) is 40.5 Å². The molecule has 0 aliphatic carbocycles. The molecule has 0 aliphatic rings. The van der Waals surface area contributed by atoms with Crippen molar-refractivity contribution >= 4 is 0 Å². The molecule has 0 aliphatic heterocycles. The molecule has 0 bridgehead atoms. The average Bonchev–Trinajstić information content (AvgIpc) is 2.48. The van der Waals surface area contributed by atoms with Gasteiger partial charge in [-0.2, -0.15) is 0 Å². The molecule has 0 saturated heterocycles. The molecule has 2 aromatic rings. The van der Waals surface area contributed by atoms with Crippen LogP contribution in [0, 0.1) is 17.5 Å². The summed E-state index contributed by atoms with van der Waals surface area (Å²) in [6.45, 7) is -0.905. The van der Waals surface area contributed by atoms with Crippen LogP contribution in [0.1, 0.15) is 11.1 Å². The second kappa shape index (κ2) is 6.28. The van der Waals surface area contributed by atoms with Gasteiger partial charge in [-0.3, -0.25) is 0 Å². The molecule has 0 heterocycles. The maximum atomic E-state index is 13.4. The highest BCUT2D eigenvalue weighted by molar-refractivity contribution is 5.31. The number of aliphatic hydroxyl groups is 2. The quantitative estimate of drug-likeness (QED) is 0.890. The highest BCUT2D eigenvalue weighted by Gasteiger charge is 2.32. The lowest BCUT2D eigenvalue weighted by Crippen LogP contribution is -2.37. The Balaban J connectivity index is 2.40. The number of halogens is 3. The minimum absolute atomic E-state index is 0.0562. The predicted molar refractivity (Wildman–Crippen MR) is 72.3 cm³/mol. The molecule has 0 atom stereocenters. The zero-order valence-corrected chi connectivity index (χ0v) is 11.2. The van der Waals surface area contributed by atoms with E-state index in [2.05, 4.69) is 0 Å². The Bertz CT molecular complexity index is 625. The van der Waals surface area contributed by atoms with Gasteiger partial charge in [0.05, 0.1) is 13.2 Å². The van der Waals surface area contributed by atoms with Crippen LogP contribution in [0.25, 0.3) is 0 Å². The van der Waals surface area contributed by atoms with Crippen molar-refractivity contribution in [1.82, 2.24) is 0 Å². The van der Waals surface area contributed by atoms with E-state index >= 15 is 0 Å². The summed E-state index contributed by atoms with van der Waals surface area (Å²) in [7, 11) is 0. The van der Waals surface area contributed by atoms with Crippen molar-refractivity contribution in [3.05, 3.63) is 71.0 Å². The van der Waals surface area contributed by atoms with Gasteiger partial charge in [0.1, 0.15) is 5.82 Å². The molecule has 2 aromatic carbocycles. The fourth-order valence-electron chi connectivity index (χ4n) is 2.31. The molecule has 0 radical (unpaired) electrons. The van der Waals surface area contributed by atoms with Gasteiger partial charge in [0.2, 0.25) is 0 Å². The molecular formula is C16H15F3O2. The van der Waals surface area contributed by atoms with E-state index < -0.39 is 36.1 Å². The van der Waals surface area contributed by atoms with Crippen LogP contribution >= 0.6 is 0 Å². The Labute approximate surface area is 120 Å². The first-order valence-corrected chi connectivity index (χ1v) is 6.42. The highest BCUT2D eigenvalue weighted by Crippen LogP contribution is 2.29. The normalized spacial score (nSPS) is 11.7. The van der Waals surface area contributed by atoms with Crippen LogP contribution in [0.15, 0.2) is 42.5 Å². The Kier molecular flexibility index (Phi) is 4.65. The lowest BCUT2D eigenvalue weighted by molar-refractivity contribution is 0.116. The first-order valence-electron chi connectivity index (χ1n) is 6.42. The molecule has 2 nitrogen and oxygen atoms in total. The van der Waals surface area contributed by atoms with E-state index in [0.717, 1.165) is 12.1 Å². The third kappa shape index (κ3) is 3.25. The van der Waals surface area contributed by atoms with Crippen LogP contribution < -0.4 is 0 Å². The number of benzene rings is 2. The maximum absolute atomic E-state index is 13.4. The number of hydrogen-bond acceptors (Lipinski definition) is 2. The fourth-order valence-corrected chi connectivity index (χ4v) is 2.31. The molecule has 0 aromatic heterocycles. The van der Waals surface area contributed by atoms with E-state index in [-0.39, 0.29) is 6.42 Å². The van der Waals surface area contributed by atoms with E-state index in [1.165, 1.54) is 24.3 Å². The third-order valence-corrected chi connectivity index (χ3v) is 3.57. The second-order valence-electron chi connectivity index (χ2n) is 5.03. The minimum atomic E-state index is -1.16. The third-order valence-electron chi connectivity index (χ3n) is 3.57. The number of rotatable bonds is 5. The van der Waals surface area contributed by atoms with Gasteiger partial charge in [-0.25, -0.2) is 13.2 Å². The van der Waals surface area contributed by atoms with Crippen LogP contribution in [0.5, 0.6) is 0 Å². The van der Waals surface area contributed by atoms with Crippen LogP contribution in [0.3, 0.4) is 0 Å². The molecule has 2 rings (SSSR count). The summed E-state index contributed by atoms with van der Waals surface area (Å²) in [6.07, 6.45) is 0.0562. The molecule has 0 saturated carbocycles. The van der Waals surface area contributed by atoms with Crippen molar-refractivity contribution in [1.29, 1.82) is 0 Å². The van der Waals surface area contributed by atoms with Crippen LogP contribution in [-0.4, -0.2) is 23.4 Å². The average molecular weight is 296 g/mol. The van der Waals surface area contributed by atoms with Crippen LogP contribution in [0.4, 0.5) is 13.2 Å². The SMILES string of the molecule is OCC(CO)(Cc1ccc(F)c(F)c1)c1cccc(F)c1. The lowest BCUT2D eigenvalue weighted by atomic mass is 9.77. The molecule has 0 amide bonds. The summed E-state index contributed by atoms with van der Waals surface area (Å²) in [5.74, 6) is -2.47. The van der Waals surface area contributed by atoms with Gasteiger partial charge < -0.3 is 10.2 Å². The van der Waals surface area contributed by atoms with Crippen LogP contribution in [-0.2, 0) is 11.8 Å². The summed E-state index contributed by atoms with van der Waals surface area (Å²) in [5, 5.41) is 19.3. The van der Waals surface area contributed by atoms with Crippen LogP contribution in [0.2, 0.25) is 0 Å². The molecule has 112 valence electrons. The summed E-state index contributed by atoms with van der Waals surface area (Å²) in [5.41, 5.74) is -0.356. The molecule has 5 heteroatoms. The van der Waals surface area contributed by atoms with Crippen molar-refractivity contribution < 1.29 is 23.4 Å². The van der Waals surface area contributed by atoms with Gasteiger partial charge in [0.15, 0.2) is 11.6 Å². The van der Waals surface area contributed by atoms with Gasteiger partial charge in [0.25, 0.3) is 0 Å². The predicted octanol–water partition coefficient (Wildman–Crippen LogP) is 2.57. The Hall–Kier alpha value is -1.85. The van der Waals surface area contributed by atoms with Crippen molar-refractivity contribution in [3.63, 3.8) is 0 Å². The minimum Gasteiger partial charge on any atom is -0.395 e. The monoisotopic (exact) mass is 296 g/mol. The summed E-state index contributed by atoms with van der Waals surface area (Å²) in [4.78, 5) is 0. The Morgan fingerprint density at radius 3 is 2.14 bits per heavy atom. The smallest absolute Gasteiger partial charge is 0.159 e. The summed E-state index contributed by atoms with van der Waals surface area (Å²) < 4.78 is 39.6. The molecule has 21 heavy (non-hydrogen) atoms. The molecule has 0 fully saturated rings. The van der Waals surface area contributed by atoms with Crippen molar-refractivity contribution in [2.45, 2.75) is 11.8 Å². The maximum Gasteiger partial charge on any atom is 0.159 e. The molecule has 0 unspecified atom stereocenters. The second-order valence-corrected chi connectivity index (χ2v) is 5.03. The number of aliphatic hydroxyl groups excluding tert-OH is 2. The first kappa shape index (κ1) is 15.5. The molecule has 2 N–H and O–H groups in total. The van der Waals surface area contributed by atoms with Crippen molar-refractivity contribution in [2.75, 3.05) is 13.2 Å². The Morgan fingerprint density at radius 1 is 0.857 bits per heavy atom. The van der Waals surface area contributed by atoms with Crippen molar-refractivity contribution in [2.24, 2.45) is 0 Å². The van der Waals surface area contributed by atoms with E-state index in [1.807, 2.05) is 0 Å². The van der Waals surface area contributed by atoms with Gasteiger partial charge in [-0.15, -0.1) is 0 Å². The lowest BCUT2D eigenvalue weighted by Gasteiger charge is -2.30. The highest BCUT2D eigenvalue weighted by atomic mass is 19.2. The van der Waals surface area contributed by atoms with Gasteiger partial charge in [-0.05, 0) is 41.8 Å².